The van der Waals surface area contributed by atoms with Gasteiger partial charge in [-0.2, -0.15) is 0 Å². The number of hydrogen-bond acceptors (Lipinski definition) is 3. The second kappa shape index (κ2) is 4.92. The Balaban J connectivity index is 2.68. The third kappa shape index (κ3) is 2.07. The van der Waals surface area contributed by atoms with Crippen LogP contribution in [0.25, 0.3) is 11.1 Å². The lowest BCUT2D eigenvalue weighted by Gasteiger charge is -2.11. The molecule has 0 aromatic heterocycles. The standard InChI is InChI=1S/C15H14O3/c1-10-5-3-4-6-12(10)13-8-14(17)15(18-2)7-11(13)9-16/h3-9,17H,1-2H3. The second-order valence-corrected chi connectivity index (χ2v) is 4.04. The monoisotopic (exact) mass is 242 g/mol. The van der Waals surface area contributed by atoms with Crippen LogP contribution in [0, 0.1) is 6.92 Å². The highest BCUT2D eigenvalue weighted by molar-refractivity contribution is 5.90. The number of carbonyl (C=O) groups excluding carboxylic acids is 1. The number of aldehydes is 1. The molecular formula is C15H14O3. The highest BCUT2D eigenvalue weighted by Gasteiger charge is 2.12. The summed E-state index contributed by atoms with van der Waals surface area (Å²) < 4.78 is 5.00. The van der Waals surface area contributed by atoms with Gasteiger partial charge in [-0.1, -0.05) is 24.3 Å². The summed E-state index contributed by atoms with van der Waals surface area (Å²) in [5.41, 5.74) is 3.18. The van der Waals surface area contributed by atoms with E-state index in [0.29, 0.717) is 16.9 Å². The molecule has 0 radical (unpaired) electrons. The Morgan fingerprint density at radius 2 is 1.89 bits per heavy atom. The minimum absolute atomic E-state index is 0.0290. The molecule has 0 amide bonds. The molecule has 0 unspecified atom stereocenters. The molecule has 0 aliphatic rings. The molecule has 0 bridgehead atoms. The summed E-state index contributed by atoms with van der Waals surface area (Å²) in [4.78, 5) is 11.2. The smallest absolute Gasteiger partial charge is 0.161 e. The van der Waals surface area contributed by atoms with Crippen molar-refractivity contribution >= 4 is 6.29 Å². The van der Waals surface area contributed by atoms with Crippen molar-refractivity contribution in [2.45, 2.75) is 6.92 Å². The largest absolute Gasteiger partial charge is 0.504 e. The van der Waals surface area contributed by atoms with E-state index in [9.17, 15) is 9.90 Å². The zero-order valence-electron chi connectivity index (χ0n) is 10.3. The average molecular weight is 242 g/mol. The normalized spacial score (nSPS) is 10.1. The summed E-state index contributed by atoms with van der Waals surface area (Å²) in [7, 11) is 1.46. The third-order valence-corrected chi connectivity index (χ3v) is 2.91. The highest BCUT2D eigenvalue weighted by Crippen LogP contribution is 2.35. The Bertz CT molecular complexity index is 588. The Labute approximate surface area is 106 Å². The zero-order chi connectivity index (χ0) is 13.1. The number of phenolic OH excluding ortho intramolecular Hbond substituents is 1. The Morgan fingerprint density at radius 1 is 1.17 bits per heavy atom. The van der Waals surface area contributed by atoms with Crippen molar-refractivity contribution in [2.75, 3.05) is 7.11 Å². The summed E-state index contributed by atoms with van der Waals surface area (Å²) in [6, 6.07) is 10.8. The van der Waals surface area contributed by atoms with E-state index in [4.69, 9.17) is 4.74 Å². The first-order valence-electron chi connectivity index (χ1n) is 5.59. The molecule has 1 N–H and O–H groups in total. The molecule has 3 nitrogen and oxygen atoms in total. The molecule has 2 aromatic carbocycles. The van der Waals surface area contributed by atoms with Gasteiger partial charge in [0.05, 0.1) is 7.11 Å². The SMILES string of the molecule is COc1cc(C=O)c(-c2ccccc2C)cc1O. The molecule has 0 spiro atoms. The van der Waals surface area contributed by atoms with Crippen molar-refractivity contribution in [2.24, 2.45) is 0 Å². The molecule has 0 aliphatic carbocycles. The molecule has 92 valence electrons. The maximum atomic E-state index is 11.2. The van der Waals surface area contributed by atoms with Crippen LogP contribution in [0.3, 0.4) is 0 Å². The van der Waals surface area contributed by atoms with Crippen LogP contribution in [0.5, 0.6) is 11.5 Å². The number of aryl methyl sites for hydroxylation is 1. The molecule has 0 saturated carbocycles. The molecule has 18 heavy (non-hydrogen) atoms. The summed E-state index contributed by atoms with van der Waals surface area (Å²) in [5, 5.41) is 9.82. The summed E-state index contributed by atoms with van der Waals surface area (Å²) in [6.45, 7) is 1.96. The van der Waals surface area contributed by atoms with E-state index >= 15 is 0 Å². The molecule has 3 heteroatoms. The van der Waals surface area contributed by atoms with Gasteiger partial charge in [0.2, 0.25) is 0 Å². The number of hydrogen-bond donors (Lipinski definition) is 1. The molecule has 2 aromatic rings. The van der Waals surface area contributed by atoms with Gasteiger partial charge in [-0.25, -0.2) is 0 Å². The predicted molar refractivity (Wildman–Crippen MR) is 70.2 cm³/mol. The van der Waals surface area contributed by atoms with Crippen molar-refractivity contribution in [1.82, 2.24) is 0 Å². The van der Waals surface area contributed by atoms with E-state index in [2.05, 4.69) is 0 Å². The summed E-state index contributed by atoms with van der Waals surface area (Å²) in [6.07, 6.45) is 0.768. The van der Waals surface area contributed by atoms with E-state index in [1.54, 1.807) is 12.1 Å². The van der Waals surface area contributed by atoms with Gasteiger partial charge in [-0.3, -0.25) is 4.79 Å². The molecule has 0 fully saturated rings. The van der Waals surface area contributed by atoms with Crippen molar-refractivity contribution in [3.63, 3.8) is 0 Å². The maximum Gasteiger partial charge on any atom is 0.161 e. The lowest BCUT2D eigenvalue weighted by Crippen LogP contribution is -1.93. The number of ether oxygens (including phenoxy) is 1. The van der Waals surface area contributed by atoms with Gasteiger partial charge >= 0.3 is 0 Å². The molecule has 0 heterocycles. The van der Waals surface area contributed by atoms with Crippen molar-refractivity contribution < 1.29 is 14.6 Å². The van der Waals surface area contributed by atoms with Crippen LogP contribution < -0.4 is 4.74 Å². The Hall–Kier alpha value is -2.29. The first kappa shape index (κ1) is 12.2. The molecular weight excluding hydrogens is 228 g/mol. The maximum absolute atomic E-state index is 11.2. The molecule has 2 rings (SSSR count). The first-order valence-corrected chi connectivity index (χ1v) is 5.59. The first-order chi connectivity index (χ1) is 8.67. The van der Waals surface area contributed by atoms with E-state index < -0.39 is 0 Å². The fraction of sp³-hybridized carbons (Fsp3) is 0.133. The Kier molecular flexibility index (Phi) is 3.33. The number of rotatable bonds is 3. The van der Waals surface area contributed by atoms with E-state index in [1.165, 1.54) is 7.11 Å². The topological polar surface area (TPSA) is 46.5 Å². The number of phenols is 1. The fourth-order valence-electron chi connectivity index (χ4n) is 1.95. The summed E-state index contributed by atoms with van der Waals surface area (Å²) in [5.74, 6) is 0.329. The predicted octanol–water partition coefficient (Wildman–Crippen LogP) is 3.19. The quantitative estimate of drug-likeness (QED) is 0.841. The lowest BCUT2D eigenvalue weighted by molar-refractivity contribution is 0.112. The number of carbonyl (C=O) groups is 1. The van der Waals surface area contributed by atoms with E-state index in [0.717, 1.165) is 17.4 Å². The van der Waals surface area contributed by atoms with Crippen molar-refractivity contribution in [3.05, 3.63) is 47.5 Å². The third-order valence-electron chi connectivity index (χ3n) is 2.91. The minimum Gasteiger partial charge on any atom is -0.504 e. The van der Waals surface area contributed by atoms with Crippen LogP contribution >= 0.6 is 0 Å². The van der Waals surface area contributed by atoms with E-state index in [1.807, 2.05) is 31.2 Å². The Morgan fingerprint density at radius 3 is 2.50 bits per heavy atom. The lowest BCUT2D eigenvalue weighted by atomic mass is 9.96. The van der Waals surface area contributed by atoms with Gasteiger partial charge < -0.3 is 9.84 Å². The number of aromatic hydroxyl groups is 1. The molecule has 0 aliphatic heterocycles. The molecule has 0 atom stereocenters. The van der Waals surface area contributed by atoms with Gasteiger partial charge in [0, 0.05) is 5.56 Å². The van der Waals surface area contributed by atoms with Crippen LogP contribution in [0.15, 0.2) is 36.4 Å². The van der Waals surface area contributed by atoms with Gasteiger partial charge in [0.15, 0.2) is 17.8 Å². The van der Waals surface area contributed by atoms with Gasteiger partial charge in [0.1, 0.15) is 0 Å². The van der Waals surface area contributed by atoms with Crippen LogP contribution in [0.4, 0.5) is 0 Å². The van der Waals surface area contributed by atoms with Gasteiger partial charge in [0.25, 0.3) is 0 Å². The minimum atomic E-state index is 0.0290. The average Bonchev–Trinajstić information content (AvgIpc) is 2.39. The molecule has 0 saturated heterocycles. The van der Waals surface area contributed by atoms with Crippen LogP contribution in [0.1, 0.15) is 15.9 Å². The van der Waals surface area contributed by atoms with Crippen molar-refractivity contribution in [3.8, 4) is 22.6 Å². The summed E-state index contributed by atoms with van der Waals surface area (Å²) >= 11 is 0. The number of benzene rings is 2. The van der Waals surface area contributed by atoms with Gasteiger partial charge in [-0.05, 0) is 35.7 Å². The zero-order valence-corrected chi connectivity index (χ0v) is 10.3. The second-order valence-electron chi connectivity index (χ2n) is 4.04. The number of methoxy groups -OCH3 is 1. The van der Waals surface area contributed by atoms with Crippen LogP contribution in [0.2, 0.25) is 0 Å². The van der Waals surface area contributed by atoms with Crippen molar-refractivity contribution in [1.29, 1.82) is 0 Å². The fourth-order valence-corrected chi connectivity index (χ4v) is 1.95. The van der Waals surface area contributed by atoms with Gasteiger partial charge in [-0.15, -0.1) is 0 Å². The van der Waals surface area contributed by atoms with Crippen LogP contribution in [-0.4, -0.2) is 18.5 Å². The van der Waals surface area contributed by atoms with Crippen LogP contribution in [-0.2, 0) is 0 Å². The van der Waals surface area contributed by atoms with E-state index in [-0.39, 0.29) is 5.75 Å². The highest BCUT2D eigenvalue weighted by atomic mass is 16.5.